The summed E-state index contributed by atoms with van der Waals surface area (Å²) in [6, 6.07) is 0. The second-order valence-corrected chi connectivity index (χ2v) is 2.60. The van der Waals surface area contributed by atoms with E-state index in [4.69, 9.17) is 17.3 Å². The molecule has 0 aromatic heterocycles. The van der Waals surface area contributed by atoms with Crippen LogP contribution < -0.4 is 5.73 Å². The molecule has 0 heterocycles. The second kappa shape index (κ2) is 4.94. The first kappa shape index (κ1) is 12.8. The highest BCUT2D eigenvalue weighted by atomic mass is 35.5. The number of ketones is 1. The SMILES string of the molecule is CCC(C)(N)C(=O)CCl.Cl. The average Bonchev–Trinajstić information content (AvgIpc) is 1.86. The minimum atomic E-state index is -0.720. The van der Waals surface area contributed by atoms with Gasteiger partial charge in [-0.3, -0.25) is 4.79 Å². The van der Waals surface area contributed by atoms with Crippen LogP contribution in [-0.4, -0.2) is 17.2 Å². The molecule has 0 spiro atoms. The number of hydrogen-bond acceptors (Lipinski definition) is 2. The Morgan fingerprint density at radius 1 is 1.70 bits per heavy atom. The molecule has 10 heavy (non-hydrogen) atoms. The van der Waals surface area contributed by atoms with Gasteiger partial charge in [0.05, 0.1) is 11.4 Å². The molecule has 4 heteroatoms. The Kier molecular flexibility index (Phi) is 6.35. The zero-order valence-electron chi connectivity index (χ0n) is 6.19. The highest BCUT2D eigenvalue weighted by Gasteiger charge is 2.23. The van der Waals surface area contributed by atoms with Crippen LogP contribution in [-0.2, 0) is 4.79 Å². The fourth-order valence-corrected chi connectivity index (χ4v) is 0.655. The van der Waals surface area contributed by atoms with E-state index >= 15 is 0 Å². The molecule has 0 rings (SSSR count). The average molecular weight is 186 g/mol. The van der Waals surface area contributed by atoms with Crippen LogP contribution in [0.3, 0.4) is 0 Å². The zero-order valence-corrected chi connectivity index (χ0v) is 7.76. The lowest BCUT2D eigenvalue weighted by molar-refractivity contribution is -0.121. The first-order valence-electron chi connectivity index (χ1n) is 2.92. The molecule has 0 aromatic carbocycles. The van der Waals surface area contributed by atoms with Crippen molar-refractivity contribution in [3.8, 4) is 0 Å². The Bertz CT molecular complexity index is 114. The lowest BCUT2D eigenvalue weighted by atomic mass is 9.96. The highest BCUT2D eigenvalue weighted by Crippen LogP contribution is 2.06. The summed E-state index contributed by atoms with van der Waals surface area (Å²) in [7, 11) is 0. The predicted octanol–water partition coefficient (Wildman–Crippen LogP) is 1.34. The summed E-state index contributed by atoms with van der Waals surface area (Å²) in [5.41, 5.74) is 4.82. The topological polar surface area (TPSA) is 43.1 Å². The van der Waals surface area contributed by atoms with Gasteiger partial charge in [-0.25, -0.2) is 0 Å². The largest absolute Gasteiger partial charge is 0.319 e. The van der Waals surface area contributed by atoms with Gasteiger partial charge in [-0.1, -0.05) is 6.92 Å². The van der Waals surface area contributed by atoms with Crippen molar-refractivity contribution < 1.29 is 4.79 Å². The van der Waals surface area contributed by atoms with Gasteiger partial charge in [0.15, 0.2) is 5.78 Å². The van der Waals surface area contributed by atoms with Gasteiger partial charge >= 0.3 is 0 Å². The number of alkyl halides is 1. The van der Waals surface area contributed by atoms with Crippen LogP contribution in [0.25, 0.3) is 0 Å². The number of rotatable bonds is 3. The number of hydrogen-bond donors (Lipinski definition) is 1. The summed E-state index contributed by atoms with van der Waals surface area (Å²) in [6.45, 7) is 3.56. The van der Waals surface area contributed by atoms with Crippen molar-refractivity contribution in [1.29, 1.82) is 0 Å². The Balaban J connectivity index is 0. The number of Topliss-reactive ketones (excluding diaryl/α,β-unsaturated/α-hetero) is 1. The fraction of sp³-hybridized carbons (Fsp3) is 0.833. The third kappa shape index (κ3) is 3.40. The molecule has 0 saturated heterocycles. The summed E-state index contributed by atoms with van der Waals surface area (Å²) in [4.78, 5) is 10.8. The van der Waals surface area contributed by atoms with Crippen molar-refractivity contribution in [3.05, 3.63) is 0 Å². The van der Waals surface area contributed by atoms with Crippen LogP contribution in [0.1, 0.15) is 20.3 Å². The Labute approximate surface area is 72.5 Å². The van der Waals surface area contributed by atoms with Gasteiger partial charge in [0, 0.05) is 0 Å². The first-order chi connectivity index (χ1) is 4.04. The Hall–Kier alpha value is 0.210. The summed E-state index contributed by atoms with van der Waals surface area (Å²) in [5, 5.41) is 0. The van der Waals surface area contributed by atoms with E-state index in [9.17, 15) is 4.79 Å². The standard InChI is InChI=1S/C6H12ClNO.ClH/c1-3-6(2,8)5(9)4-7;/h3-4,8H2,1-2H3;1H. The van der Waals surface area contributed by atoms with Gasteiger partial charge in [-0.05, 0) is 13.3 Å². The number of halogens is 2. The van der Waals surface area contributed by atoms with Crippen molar-refractivity contribution in [2.24, 2.45) is 5.73 Å². The Morgan fingerprint density at radius 3 is 2.20 bits per heavy atom. The summed E-state index contributed by atoms with van der Waals surface area (Å²) < 4.78 is 0. The van der Waals surface area contributed by atoms with Crippen molar-refractivity contribution in [2.45, 2.75) is 25.8 Å². The maximum atomic E-state index is 10.8. The molecule has 0 bridgehead atoms. The van der Waals surface area contributed by atoms with Gasteiger partial charge in [-0.15, -0.1) is 24.0 Å². The van der Waals surface area contributed by atoms with Crippen molar-refractivity contribution in [1.82, 2.24) is 0 Å². The molecule has 0 saturated carbocycles. The van der Waals surface area contributed by atoms with Gasteiger partial charge in [0.2, 0.25) is 0 Å². The molecule has 1 unspecified atom stereocenters. The monoisotopic (exact) mass is 185 g/mol. The smallest absolute Gasteiger partial charge is 0.167 e. The number of nitrogens with two attached hydrogens (primary N) is 1. The molecular formula is C6H13Cl2NO. The maximum absolute atomic E-state index is 10.8. The molecule has 0 radical (unpaired) electrons. The molecule has 0 aliphatic carbocycles. The minimum Gasteiger partial charge on any atom is -0.319 e. The lowest BCUT2D eigenvalue weighted by Crippen LogP contribution is -2.44. The highest BCUT2D eigenvalue weighted by molar-refractivity contribution is 6.28. The van der Waals surface area contributed by atoms with E-state index in [0.717, 1.165) is 0 Å². The lowest BCUT2D eigenvalue weighted by Gasteiger charge is -2.18. The quantitative estimate of drug-likeness (QED) is 0.676. The van der Waals surface area contributed by atoms with Crippen LogP contribution in [0.4, 0.5) is 0 Å². The van der Waals surface area contributed by atoms with Gasteiger partial charge in [-0.2, -0.15) is 0 Å². The predicted molar refractivity (Wildman–Crippen MR) is 45.9 cm³/mol. The fourth-order valence-electron chi connectivity index (χ4n) is 0.350. The number of carbonyl (C=O) groups is 1. The third-order valence-electron chi connectivity index (χ3n) is 1.49. The van der Waals surface area contributed by atoms with Crippen LogP contribution >= 0.6 is 24.0 Å². The van der Waals surface area contributed by atoms with E-state index in [1.54, 1.807) is 6.92 Å². The van der Waals surface area contributed by atoms with Crippen LogP contribution in [0, 0.1) is 0 Å². The normalized spacial score (nSPS) is 15.2. The van der Waals surface area contributed by atoms with E-state index in [1.165, 1.54) is 0 Å². The minimum absolute atomic E-state index is 0. The summed E-state index contributed by atoms with van der Waals surface area (Å²) in [6.07, 6.45) is 0.637. The molecule has 2 N–H and O–H groups in total. The molecular weight excluding hydrogens is 173 g/mol. The van der Waals surface area contributed by atoms with Gasteiger partial charge in [0.25, 0.3) is 0 Å². The summed E-state index contributed by atoms with van der Waals surface area (Å²) >= 11 is 5.29. The van der Waals surface area contributed by atoms with Crippen LogP contribution in [0.15, 0.2) is 0 Å². The number of carbonyl (C=O) groups excluding carboxylic acids is 1. The summed E-state index contributed by atoms with van der Waals surface area (Å²) in [5.74, 6) is -0.0763. The van der Waals surface area contributed by atoms with Gasteiger partial charge < -0.3 is 5.73 Å². The van der Waals surface area contributed by atoms with Gasteiger partial charge in [0.1, 0.15) is 0 Å². The van der Waals surface area contributed by atoms with E-state index in [1.807, 2.05) is 6.92 Å². The molecule has 62 valence electrons. The van der Waals surface area contributed by atoms with E-state index in [-0.39, 0.29) is 24.1 Å². The second-order valence-electron chi connectivity index (χ2n) is 2.33. The van der Waals surface area contributed by atoms with E-state index in [0.29, 0.717) is 6.42 Å². The third-order valence-corrected chi connectivity index (χ3v) is 1.74. The molecule has 0 amide bonds. The molecule has 0 aromatic rings. The van der Waals surface area contributed by atoms with E-state index < -0.39 is 5.54 Å². The van der Waals surface area contributed by atoms with Crippen molar-refractivity contribution in [3.63, 3.8) is 0 Å². The zero-order chi connectivity index (χ0) is 7.49. The molecule has 2 nitrogen and oxygen atoms in total. The van der Waals surface area contributed by atoms with E-state index in [2.05, 4.69) is 0 Å². The molecule has 1 atom stereocenters. The first-order valence-corrected chi connectivity index (χ1v) is 3.46. The van der Waals surface area contributed by atoms with Crippen molar-refractivity contribution in [2.75, 3.05) is 5.88 Å². The molecule has 0 fully saturated rings. The van der Waals surface area contributed by atoms with Crippen LogP contribution in [0.5, 0.6) is 0 Å². The molecule has 0 aliphatic heterocycles. The molecule has 0 aliphatic rings. The van der Waals surface area contributed by atoms with Crippen molar-refractivity contribution >= 4 is 29.8 Å². The van der Waals surface area contributed by atoms with Crippen LogP contribution in [0.2, 0.25) is 0 Å². The maximum Gasteiger partial charge on any atom is 0.167 e. The Morgan fingerprint density at radius 2 is 2.10 bits per heavy atom.